The molecule has 0 saturated carbocycles. The van der Waals surface area contributed by atoms with Crippen molar-refractivity contribution in [2.45, 2.75) is 22.6 Å². The number of methoxy groups -OCH3 is 2. The van der Waals surface area contributed by atoms with Crippen molar-refractivity contribution < 1.29 is 14.3 Å². The van der Waals surface area contributed by atoms with Gasteiger partial charge in [0.05, 0.1) is 20.3 Å². The molecule has 176 valence electrons. The van der Waals surface area contributed by atoms with Gasteiger partial charge in [-0.05, 0) is 48.9 Å². The van der Waals surface area contributed by atoms with E-state index in [1.807, 2.05) is 71.6 Å². The zero-order valence-corrected chi connectivity index (χ0v) is 20.8. The molecule has 1 saturated heterocycles. The molecule has 1 fully saturated rings. The Kier molecular flexibility index (Phi) is 6.27. The maximum absolute atomic E-state index is 14.4. The molecule has 4 aromatic carbocycles. The molecule has 0 aromatic heterocycles. The number of benzene rings is 4. The van der Waals surface area contributed by atoms with Gasteiger partial charge in [0.15, 0.2) is 4.75 Å². The summed E-state index contributed by atoms with van der Waals surface area (Å²) in [5.41, 5.74) is 3.95. The molecule has 4 nitrogen and oxygen atoms in total. The van der Waals surface area contributed by atoms with E-state index in [2.05, 4.69) is 43.3 Å². The molecule has 1 aliphatic heterocycles. The highest BCUT2D eigenvalue weighted by molar-refractivity contribution is 8.01. The largest absolute Gasteiger partial charge is 0.497 e. The summed E-state index contributed by atoms with van der Waals surface area (Å²) in [6.07, 6.45) is 0. The SMILES string of the molecule is COc1ccc(C2(Sc3ccc(C)cc3)C(=O)N(c3ccccc3)C2c2ccccc2)c(OC)c1. The molecular weight excluding hydrogens is 454 g/mol. The van der Waals surface area contributed by atoms with Gasteiger partial charge in [-0.3, -0.25) is 4.79 Å². The van der Waals surface area contributed by atoms with Gasteiger partial charge in [-0.25, -0.2) is 0 Å². The number of rotatable bonds is 7. The average Bonchev–Trinajstić information content (AvgIpc) is 2.91. The number of thioether (sulfide) groups is 1. The van der Waals surface area contributed by atoms with Crippen LogP contribution >= 0.6 is 11.8 Å². The van der Waals surface area contributed by atoms with Gasteiger partial charge in [0, 0.05) is 22.2 Å². The quantitative estimate of drug-likeness (QED) is 0.273. The van der Waals surface area contributed by atoms with E-state index in [9.17, 15) is 4.79 Å². The van der Waals surface area contributed by atoms with Crippen molar-refractivity contribution in [1.29, 1.82) is 0 Å². The lowest BCUT2D eigenvalue weighted by atomic mass is 9.75. The van der Waals surface area contributed by atoms with Gasteiger partial charge in [-0.1, -0.05) is 66.2 Å². The Balaban J connectivity index is 1.75. The van der Waals surface area contributed by atoms with Gasteiger partial charge >= 0.3 is 0 Å². The topological polar surface area (TPSA) is 38.8 Å². The predicted octanol–water partition coefficient (Wildman–Crippen LogP) is 6.79. The predicted molar refractivity (Wildman–Crippen MR) is 141 cm³/mol. The van der Waals surface area contributed by atoms with Crippen LogP contribution in [0.2, 0.25) is 0 Å². The number of nitrogens with zero attached hydrogens (tertiary/aromatic N) is 1. The number of β-lactam (4-membered cyclic amide) rings is 1. The van der Waals surface area contributed by atoms with E-state index in [0.29, 0.717) is 11.5 Å². The number of amides is 1. The van der Waals surface area contributed by atoms with E-state index in [0.717, 1.165) is 21.7 Å². The Morgan fingerprint density at radius 3 is 2.09 bits per heavy atom. The fourth-order valence-corrected chi connectivity index (χ4v) is 6.18. The van der Waals surface area contributed by atoms with Crippen LogP contribution in [0, 0.1) is 6.92 Å². The summed E-state index contributed by atoms with van der Waals surface area (Å²) >= 11 is 1.58. The van der Waals surface area contributed by atoms with Gasteiger partial charge in [0.25, 0.3) is 5.91 Å². The summed E-state index contributed by atoms with van der Waals surface area (Å²) in [4.78, 5) is 17.3. The van der Waals surface area contributed by atoms with Crippen molar-refractivity contribution in [2.75, 3.05) is 19.1 Å². The molecule has 0 radical (unpaired) electrons. The first-order valence-corrected chi connectivity index (χ1v) is 12.3. The van der Waals surface area contributed by atoms with E-state index in [4.69, 9.17) is 9.47 Å². The number of aryl methyl sites for hydroxylation is 1. The van der Waals surface area contributed by atoms with Crippen LogP contribution in [-0.4, -0.2) is 20.1 Å². The number of para-hydroxylation sites is 1. The van der Waals surface area contributed by atoms with Crippen molar-refractivity contribution in [2.24, 2.45) is 0 Å². The minimum Gasteiger partial charge on any atom is -0.497 e. The maximum Gasteiger partial charge on any atom is 0.251 e. The summed E-state index contributed by atoms with van der Waals surface area (Å²) in [5.74, 6) is 1.33. The van der Waals surface area contributed by atoms with Crippen LogP contribution in [0.1, 0.15) is 22.7 Å². The minimum absolute atomic E-state index is 0.0200. The van der Waals surface area contributed by atoms with Crippen molar-refractivity contribution in [3.05, 3.63) is 120 Å². The molecule has 2 unspecified atom stereocenters. The van der Waals surface area contributed by atoms with Gasteiger partial charge in [0.2, 0.25) is 0 Å². The first kappa shape index (κ1) is 23.1. The summed E-state index contributed by atoms with van der Waals surface area (Å²) in [5, 5.41) is 0. The first-order chi connectivity index (χ1) is 17.1. The molecule has 1 heterocycles. The molecule has 0 bridgehead atoms. The lowest BCUT2D eigenvalue weighted by Crippen LogP contribution is -2.65. The number of carbonyl (C=O) groups is 1. The third-order valence-electron chi connectivity index (χ3n) is 6.44. The monoisotopic (exact) mass is 481 g/mol. The van der Waals surface area contributed by atoms with E-state index in [-0.39, 0.29) is 11.9 Å². The third-order valence-corrected chi connectivity index (χ3v) is 7.89. The number of ether oxygens (including phenoxy) is 2. The van der Waals surface area contributed by atoms with Gasteiger partial charge in [-0.2, -0.15) is 0 Å². The van der Waals surface area contributed by atoms with Gasteiger partial charge in [0.1, 0.15) is 11.5 Å². The zero-order valence-electron chi connectivity index (χ0n) is 20.0. The summed E-state index contributed by atoms with van der Waals surface area (Å²) < 4.78 is 10.4. The smallest absolute Gasteiger partial charge is 0.251 e. The summed E-state index contributed by atoms with van der Waals surface area (Å²) in [6, 6.07) is 33.9. The van der Waals surface area contributed by atoms with Gasteiger partial charge in [-0.15, -0.1) is 11.8 Å². The second-order valence-electron chi connectivity index (χ2n) is 8.54. The molecule has 1 amide bonds. The van der Waals surface area contributed by atoms with Crippen molar-refractivity contribution in [1.82, 2.24) is 0 Å². The summed E-state index contributed by atoms with van der Waals surface area (Å²) in [6.45, 7) is 2.06. The van der Waals surface area contributed by atoms with E-state index in [1.165, 1.54) is 5.56 Å². The Labute approximate surface area is 210 Å². The van der Waals surface area contributed by atoms with Crippen molar-refractivity contribution >= 4 is 23.4 Å². The van der Waals surface area contributed by atoms with Crippen LogP contribution in [0.3, 0.4) is 0 Å². The Hall–Kier alpha value is -3.70. The molecule has 4 aromatic rings. The number of hydrogen-bond donors (Lipinski definition) is 0. The Morgan fingerprint density at radius 2 is 1.46 bits per heavy atom. The number of carbonyl (C=O) groups excluding carboxylic acids is 1. The summed E-state index contributed by atoms with van der Waals surface area (Å²) in [7, 11) is 3.27. The first-order valence-electron chi connectivity index (χ1n) is 11.5. The molecule has 0 aliphatic carbocycles. The normalized spacial score (nSPS) is 19.2. The molecule has 0 spiro atoms. The highest BCUT2D eigenvalue weighted by Gasteiger charge is 2.64. The molecule has 0 N–H and O–H groups in total. The highest BCUT2D eigenvalue weighted by Crippen LogP contribution is 2.63. The molecule has 1 aliphatic rings. The lowest BCUT2D eigenvalue weighted by Gasteiger charge is -2.56. The second kappa shape index (κ2) is 9.51. The minimum atomic E-state index is -0.927. The van der Waals surface area contributed by atoms with Gasteiger partial charge < -0.3 is 14.4 Å². The average molecular weight is 482 g/mol. The Morgan fingerprint density at radius 1 is 0.800 bits per heavy atom. The standard InChI is InChI=1S/C30H27NO3S/c1-21-14-17-25(18-15-21)35-30(26-19-16-24(33-2)20-27(26)34-3)28(22-10-6-4-7-11-22)31(29(30)32)23-12-8-5-9-13-23/h4-20,28H,1-3H3. The fourth-order valence-electron chi connectivity index (χ4n) is 4.72. The van der Waals surface area contributed by atoms with E-state index < -0.39 is 4.75 Å². The number of anilines is 1. The van der Waals surface area contributed by atoms with Crippen LogP contribution in [-0.2, 0) is 9.54 Å². The van der Waals surface area contributed by atoms with Crippen LogP contribution in [0.4, 0.5) is 5.69 Å². The van der Waals surface area contributed by atoms with Crippen LogP contribution in [0.15, 0.2) is 108 Å². The zero-order chi connectivity index (χ0) is 24.4. The Bertz CT molecular complexity index is 1330. The second-order valence-corrected chi connectivity index (χ2v) is 9.86. The maximum atomic E-state index is 14.4. The highest BCUT2D eigenvalue weighted by atomic mass is 32.2. The molecule has 5 heteroatoms. The van der Waals surface area contributed by atoms with Crippen LogP contribution in [0.5, 0.6) is 11.5 Å². The van der Waals surface area contributed by atoms with Crippen LogP contribution in [0.25, 0.3) is 0 Å². The van der Waals surface area contributed by atoms with Crippen molar-refractivity contribution in [3.8, 4) is 11.5 Å². The third kappa shape index (κ3) is 3.96. The number of hydrogen-bond acceptors (Lipinski definition) is 4. The molecule has 5 rings (SSSR count). The van der Waals surface area contributed by atoms with E-state index in [1.54, 1.807) is 26.0 Å². The fraction of sp³-hybridized carbons (Fsp3) is 0.167. The van der Waals surface area contributed by atoms with E-state index >= 15 is 0 Å². The van der Waals surface area contributed by atoms with Crippen LogP contribution < -0.4 is 14.4 Å². The lowest BCUT2D eigenvalue weighted by molar-refractivity contribution is -0.128. The van der Waals surface area contributed by atoms with Crippen molar-refractivity contribution in [3.63, 3.8) is 0 Å². The molecule has 2 atom stereocenters. The molecule has 35 heavy (non-hydrogen) atoms. The molecular formula is C30H27NO3S.